The molecule has 4 heteroatoms. The number of benzene rings is 2. The zero-order valence-electron chi connectivity index (χ0n) is 15.1. The minimum atomic E-state index is -0.114. The predicted octanol–water partition coefficient (Wildman–Crippen LogP) is 4.63. The predicted molar refractivity (Wildman–Crippen MR) is 107 cm³/mol. The maximum Gasteiger partial charge on any atom is 0.250 e. The fourth-order valence-corrected chi connectivity index (χ4v) is 3.26. The van der Waals surface area contributed by atoms with E-state index in [2.05, 4.69) is 42.7 Å². The van der Waals surface area contributed by atoms with Crippen LogP contribution >= 0.6 is 12.4 Å². The van der Waals surface area contributed by atoms with Crippen LogP contribution in [0, 0.1) is 13.8 Å². The van der Waals surface area contributed by atoms with Crippen LogP contribution in [-0.2, 0) is 11.2 Å². The first kappa shape index (κ1) is 19.1. The Balaban J connectivity index is 0.00000225. The van der Waals surface area contributed by atoms with Crippen molar-refractivity contribution in [3.63, 3.8) is 0 Å². The number of anilines is 1. The Labute approximate surface area is 155 Å². The van der Waals surface area contributed by atoms with Gasteiger partial charge in [0, 0.05) is 28.6 Å². The largest absolute Gasteiger partial charge is 0.379 e. The maximum absolute atomic E-state index is 12.5. The van der Waals surface area contributed by atoms with Crippen LogP contribution in [0.15, 0.2) is 48.5 Å². The number of hydrogen-bond donors (Lipinski definition) is 2. The number of halogens is 1. The molecule has 2 aromatic carbocycles. The Morgan fingerprint density at radius 3 is 2.60 bits per heavy atom. The van der Waals surface area contributed by atoms with Crippen LogP contribution < -0.4 is 10.6 Å². The topological polar surface area (TPSA) is 41.1 Å². The number of hydrogen-bond acceptors (Lipinski definition) is 2. The standard InChI is InChI=1S/C21H24N2O.ClH/c1-14-9-10-18(15(2)11-14)22-20(24)12-19-17-8-6-5-7-16(17)13-21(3,4)23-19;/h5-12,23H,13H2,1-4H3,(H,22,24);1H/b19-12-;. The summed E-state index contributed by atoms with van der Waals surface area (Å²) < 4.78 is 0. The van der Waals surface area contributed by atoms with E-state index in [0.29, 0.717) is 0 Å². The molecule has 3 nitrogen and oxygen atoms in total. The van der Waals surface area contributed by atoms with Crippen LogP contribution in [0.25, 0.3) is 5.70 Å². The fourth-order valence-electron chi connectivity index (χ4n) is 3.26. The zero-order valence-corrected chi connectivity index (χ0v) is 16.0. The molecule has 0 spiro atoms. The van der Waals surface area contributed by atoms with Crippen molar-refractivity contribution in [2.24, 2.45) is 0 Å². The number of amides is 1. The van der Waals surface area contributed by atoms with Gasteiger partial charge in [-0.05, 0) is 51.3 Å². The number of fused-ring (bicyclic) bond motifs is 1. The molecular weight excluding hydrogens is 332 g/mol. The van der Waals surface area contributed by atoms with Gasteiger partial charge in [-0.2, -0.15) is 0 Å². The van der Waals surface area contributed by atoms with E-state index < -0.39 is 0 Å². The van der Waals surface area contributed by atoms with Gasteiger partial charge in [-0.25, -0.2) is 0 Å². The van der Waals surface area contributed by atoms with Gasteiger partial charge in [0.2, 0.25) is 5.91 Å². The first-order valence-electron chi connectivity index (χ1n) is 8.30. The van der Waals surface area contributed by atoms with E-state index in [9.17, 15) is 4.79 Å². The third-order valence-corrected chi connectivity index (χ3v) is 4.33. The maximum atomic E-state index is 12.5. The van der Waals surface area contributed by atoms with Crippen LogP contribution in [0.1, 0.15) is 36.1 Å². The normalized spacial score (nSPS) is 16.4. The zero-order chi connectivity index (χ0) is 17.3. The van der Waals surface area contributed by atoms with Gasteiger partial charge in [-0.15, -0.1) is 12.4 Å². The molecule has 1 amide bonds. The summed E-state index contributed by atoms with van der Waals surface area (Å²) in [7, 11) is 0. The van der Waals surface area contributed by atoms with Crippen LogP contribution in [-0.4, -0.2) is 11.4 Å². The minimum absolute atomic E-state index is 0. The first-order chi connectivity index (χ1) is 11.3. The summed E-state index contributed by atoms with van der Waals surface area (Å²) in [5, 5.41) is 6.48. The van der Waals surface area contributed by atoms with E-state index >= 15 is 0 Å². The molecule has 1 aliphatic heterocycles. The third kappa shape index (κ3) is 4.43. The molecule has 3 rings (SSSR count). The lowest BCUT2D eigenvalue weighted by atomic mass is 9.86. The van der Waals surface area contributed by atoms with Crippen LogP contribution in [0.4, 0.5) is 5.69 Å². The highest BCUT2D eigenvalue weighted by atomic mass is 35.5. The lowest BCUT2D eigenvalue weighted by Gasteiger charge is -2.35. The van der Waals surface area contributed by atoms with Gasteiger partial charge in [-0.3, -0.25) is 4.79 Å². The van der Waals surface area contributed by atoms with Gasteiger partial charge in [-0.1, -0.05) is 42.0 Å². The smallest absolute Gasteiger partial charge is 0.250 e. The molecule has 0 fully saturated rings. The van der Waals surface area contributed by atoms with Gasteiger partial charge >= 0.3 is 0 Å². The van der Waals surface area contributed by atoms with Crippen molar-refractivity contribution in [2.75, 3.05) is 5.32 Å². The molecule has 0 radical (unpaired) electrons. The highest BCUT2D eigenvalue weighted by Gasteiger charge is 2.27. The molecule has 132 valence electrons. The Morgan fingerprint density at radius 1 is 1.16 bits per heavy atom. The number of carbonyl (C=O) groups is 1. The molecule has 0 aliphatic carbocycles. The Hall–Kier alpha value is -2.26. The minimum Gasteiger partial charge on any atom is -0.379 e. The van der Waals surface area contributed by atoms with Gasteiger partial charge in [0.25, 0.3) is 0 Å². The van der Waals surface area contributed by atoms with E-state index in [1.165, 1.54) is 11.1 Å². The van der Waals surface area contributed by atoms with Gasteiger partial charge in [0.1, 0.15) is 0 Å². The summed E-state index contributed by atoms with van der Waals surface area (Å²) in [6.07, 6.45) is 2.61. The molecule has 2 aromatic rings. The number of nitrogens with one attached hydrogen (secondary N) is 2. The van der Waals surface area contributed by atoms with Crippen molar-refractivity contribution in [1.82, 2.24) is 5.32 Å². The summed E-state index contributed by atoms with van der Waals surface area (Å²) in [6, 6.07) is 14.3. The summed E-state index contributed by atoms with van der Waals surface area (Å²) in [5.74, 6) is -0.114. The SMILES string of the molecule is Cc1ccc(NC(=O)/C=C2\NC(C)(C)Cc3ccccc32)c(C)c1.Cl. The van der Waals surface area contributed by atoms with Crippen molar-refractivity contribution in [2.45, 2.75) is 39.7 Å². The highest BCUT2D eigenvalue weighted by Crippen LogP contribution is 2.29. The fraction of sp³-hybridized carbons (Fsp3) is 0.286. The Kier molecular flexibility index (Phi) is 5.58. The lowest BCUT2D eigenvalue weighted by molar-refractivity contribution is -0.111. The van der Waals surface area contributed by atoms with Crippen molar-refractivity contribution < 1.29 is 4.79 Å². The molecule has 2 N–H and O–H groups in total. The van der Waals surface area contributed by atoms with Gasteiger partial charge < -0.3 is 10.6 Å². The van der Waals surface area contributed by atoms with Crippen molar-refractivity contribution >= 4 is 29.7 Å². The third-order valence-electron chi connectivity index (χ3n) is 4.33. The van der Waals surface area contributed by atoms with Crippen molar-refractivity contribution in [3.8, 4) is 0 Å². The van der Waals surface area contributed by atoms with E-state index in [-0.39, 0.29) is 23.9 Å². The van der Waals surface area contributed by atoms with Crippen LogP contribution in [0.3, 0.4) is 0 Å². The van der Waals surface area contributed by atoms with Crippen LogP contribution in [0.5, 0.6) is 0 Å². The van der Waals surface area contributed by atoms with E-state index in [0.717, 1.165) is 28.9 Å². The second-order valence-corrected chi connectivity index (χ2v) is 7.21. The number of rotatable bonds is 2. The molecule has 0 saturated carbocycles. The van der Waals surface area contributed by atoms with E-state index in [1.807, 2.05) is 38.1 Å². The van der Waals surface area contributed by atoms with E-state index in [1.54, 1.807) is 6.08 Å². The summed E-state index contributed by atoms with van der Waals surface area (Å²) in [5.41, 5.74) is 6.29. The molecule has 25 heavy (non-hydrogen) atoms. The molecular formula is C21H25ClN2O. The summed E-state index contributed by atoms with van der Waals surface area (Å²) in [6.45, 7) is 8.36. The average Bonchev–Trinajstić information content (AvgIpc) is 2.49. The molecule has 0 unspecified atom stereocenters. The molecule has 0 aromatic heterocycles. The Bertz CT molecular complexity index is 824. The number of carbonyl (C=O) groups excluding carboxylic acids is 1. The highest BCUT2D eigenvalue weighted by molar-refractivity contribution is 6.04. The Morgan fingerprint density at radius 2 is 1.88 bits per heavy atom. The molecule has 0 atom stereocenters. The molecule has 1 heterocycles. The number of aryl methyl sites for hydroxylation is 2. The molecule has 0 bridgehead atoms. The first-order valence-corrected chi connectivity index (χ1v) is 8.30. The van der Waals surface area contributed by atoms with Gasteiger partial charge in [0.05, 0.1) is 0 Å². The summed E-state index contributed by atoms with van der Waals surface area (Å²) >= 11 is 0. The lowest BCUT2D eigenvalue weighted by Crippen LogP contribution is -2.44. The van der Waals surface area contributed by atoms with Crippen molar-refractivity contribution in [1.29, 1.82) is 0 Å². The van der Waals surface area contributed by atoms with E-state index in [4.69, 9.17) is 0 Å². The monoisotopic (exact) mass is 356 g/mol. The van der Waals surface area contributed by atoms with Gasteiger partial charge in [0.15, 0.2) is 0 Å². The second-order valence-electron chi connectivity index (χ2n) is 7.21. The molecule has 0 saturated heterocycles. The average molecular weight is 357 g/mol. The summed E-state index contributed by atoms with van der Waals surface area (Å²) in [4.78, 5) is 12.5. The quantitative estimate of drug-likeness (QED) is 0.770. The van der Waals surface area contributed by atoms with Crippen LogP contribution in [0.2, 0.25) is 0 Å². The second kappa shape index (κ2) is 7.32. The van der Waals surface area contributed by atoms with Crippen molar-refractivity contribution in [3.05, 3.63) is 70.8 Å². The molecule has 1 aliphatic rings.